The predicted octanol–water partition coefficient (Wildman–Crippen LogP) is 3.88. The Morgan fingerprint density at radius 1 is 1.15 bits per heavy atom. The number of piperidine rings is 1. The highest BCUT2D eigenvalue weighted by Crippen LogP contribution is 2.40. The van der Waals surface area contributed by atoms with Gasteiger partial charge >= 0.3 is 0 Å². The minimum absolute atomic E-state index is 0. The second kappa shape index (κ2) is 14.0. The van der Waals surface area contributed by atoms with E-state index in [0.717, 1.165) is 38.2 Å². The van der Waals surface area contributed by atoms with Crippen molar-refractivity contribution in [3.8, 4) is 0 Å². The van der Waals surface area contributed by atoms with Crippen LogP contribution in [0.3, 0.4) is 0 Å². The lowest BCUT2D eigenvalue weighted by Gasteiger charge is -2.31. The molecule has 0 aromatic carbocycles. The zero-order valence-corrected chi connectivity index (χ0v) is 20.2. The topological polar surface area (TPSA) is 48.9 Å². The van der Waals surface area contributed by atoms with Crippen molar-refractivity contribution in [3.05, 3.63) is 0 Å². The van der Waals surface area contributed by atoms with E-state index in [1.165, 1.54) is 71.0 Å². The van der Waals surface area contributed by atoms with Crippen LogP contribution in [0.15, 0.2) is 4.99 Å². The van der Waals surface area contributed by atoms with Gasteiger partial charge in [-0.2, -0.15) is 0 Å². The molecule has 1 aliphatic heterocycles. The third kappa shape index (κ3) is 8.86. The molecule has 6 heteroatoms. The Bertz CT molecular complexity index is 405. The first-order chi connectivity index (χ1) is 12.7. The summed E-state index contributed by atoms with van der Waals surface area (Å²) in [6.07, 6.45) is 10.5. The van der Waals surface area contributed by atoms with E-state index in [9.17, 15) is 0 Å². The van der Waals surface area contributed by atoms with E-state index >= 15 is 0 Å². The third-order valence-corrected chi connectivity index (χ3v) is 6.50. The maximum atomic E-state index is 5.62. The molecule has 2 fully saturated rings. The van der Waals surface area contributed by atoms with Crippen molar-refractivity contribution in [2.45, 2.75) is 65.2 Å². The Morgan fingerprint density at radius 2 is 1.85 bits per heavy atom. The molecule has 0 spiro atoms. The summed E-state index contributed by atoms with van der Waals surface area (Å²) in [5, 5.41) is 7.15. The number of hydrogen-bond acceptors (Lipinski definition) is 3. The van der Waals surface area contributed by atoms with Crippen LogP contribution in [0.5, 0.6) is 0 Å². The molecule has 0 bridgehead atoms. The molecule has 2 rings (SSSR count). The van der Waals surface area contributed by atoms with Crippen LogP contribution in [0.25, 0.3) is 0 Å². The molecule has 1 saturated heterocycles. The number of halogens is 1. The molecular formula is C21H43IN4O. The molecule has 5 nitrogen and oxygen atoms in total. The van der Waals surface area contributed by atoms with Gasteiger partial charge in [0.15, 0.2) is 5.96 Å². The number of aliphatic imine (C=N–C) groups is 1. The fraction of sp³-hybridized carbons (Fsp3) is 0.952. The Kier molecular flexibility index (Phi) is 12.9. The van der Waals surface area contributed by atoms with Gasteiger partial charge in [0.1, 0.15) is 0 Å². The zero-order valence-electron chi connectivity index (χ0n) is 17.9. The van der Waals surface area contributed by atoms with E-state index in [0.29, 0.717) is 5.41 Å². The van der Waals surface area contributed by atoms with E-state index in [-0.39, 0.29) is 24.0 Å². The lowest BCUT2D eigenvalue weighted by Crippen LogP contribution is -2.44. The molecule has 2 aliphatic rings. The quantitative estimate of drug-likeness (QED) is 0.210. The second-order valence-electron chi connectivity index (χ2n) is 8.17. The molecular weight excluding hydrogens is 451 g/mol. The fourth-order valence-electron chi connectivity index (χ4n) is 4.55. The molecule has 0 atom stereocenters. The fourth-order valence-corrected chi connectivity index (χ4v) is 4.55. The van der Waals surface area contributed by atoms with Crippen molar-refractivity contribution in [2.75, 3.05) is 53.0 Å². The number of ether oxygens (including phenoxy) is 1. The van der Waals surface area contributed by atoms with E-state index in [2.05, 4.69) is 34.4 Å². The van der Waals surface area contributed by atoms with Crippen LogP contribution in [-0.2, 0) is 4.74 Å². The minimum atomic E-state index is 0. The van der Waals surface area contributed by atoms with Gasteiger partial charge in [0.25, 0.3) is 0 Å². The summed E-state index contributed by atoms with van der Waals surface area (Å²) in [5.41, 5.74) is 0.403. The van der Waals surface area contributed by atoms with Crippen LogP contribution in [0.4, 0.5) is 0 Å². The van der Waals surface area contributed by atoms with Gasteiger partial charge in [-0.25, -0.2) is 0 Å². The maximum absolute atomic E-state index is 5.62. The van der Waals surface area contributed by atoms with Crippen LogP contribution >= 0.6 is 24.0 Å². The van der Waals surface area contributed by atoms with Crippen molar-refractivity contribution in [2.24, 2.45) is 16.3 Å². The highest BCUT2D eigenvalue weighted by molar-refractivity contribution is 14.0. The van der Waals surface area contributed by atoms with Gasteiger partial charge in [0, 0.05) is 33.4 Å². The van der Waals surface area contributed by atoms with E-state index in [4.69, 9.17) is 4.74 Å². The summed E-state index contributed by atoms with van der Waals surface area (Å²) in [5.74, 6) is 1.84. The first kappa shape index (κ1) is 25.0. The van der Waals surface area contributed by atoms with E-state index in [1.54, 1.807) is 0 Å². The highest BCUT2D eigenvalue weighted by Gasteiger charge is 2.33. The normalized spacial score (nSPS) is 21.1. The summed E-state index contributed by atoms with van der Waals surface area (Å²) in [6, 6.07) is 0. The van der Waals surface area contributed by atoms with Crippen LogP contribution in [0.1, 0.15) is 65.2 Å². The van der Waals surface area contributed by atoms with Gasteiger partial charge in [-0.3, -0.25) is 4.99 Å². The van der Waals surface area contributed by atoms with Crippen LogP contribution in [-0.4, -0.2) is 63.8 Å². The van der Waals surface area contributed by atoms with E-state index in [1.807, 2.05) is 7.05 Å². The summed E-state index contributed by atoms with van der Waals surface area (Å²) < 4.78 is 5.62. The van der Waals surface area contributed by atoms with Crippen molar-refractivity contribution < 1.29 is 4.74 Å². The Balaban J connectivity index is 0.00000364. The number of likely N-dealkylation sites (tertiary alicyclic amines) is 1. The lowest BCUT2D eigenvalue weighted by atomic mass is 9.83. The molecule has 0 unspecified atom stereocenters. The molecule has 2 N–H and O–H groups in total. The van der Waals surface area contributed by atoms with Gasteiger partial charge in [-0.1, -0.05) is 19.8 Å². The monoisotopic (exact) mass is 494 g/mol. The van der Waals surface area contributed by atoms with Gasteiger partial charge in [0.2, 0.25) is 0 Å². The van der Waals surface area contributed by atoms with Gasteiger partial charge in [-0.05, 0) is 76.4 Å². The number of nitrogens with zero attached hydrogens (tertiary/aromatic N) is 2. The second-order valence-corrected chi connectivity index (χ2v) is 8.17. The molecule has 0 aromatic heterocycles. The van der Waals surface area contributed by atoms with Crippen molar-refractivity contribution in [3.63, 3.8) is 0 Å². The average molecular weight is 495 g/mol. The van der Waals surface area contributed by atoms with Gasteiger partial charge in [0.05, 0.1) is 0 Å². The highest BCUT2D eigenvalue weighted by atomic mass is 127. The molecule has 27 heavy (non-hydrogen) atoms. The summed E-state index contributed by atoms with van der Waals surface area (Å²) >= 11 is 0. The summed E-state index contributed by atoms with van der Waals surface area (Å²) in [7, 11) is 1.89. The Labute approximate surface area is 184 Å². The maximum Gasteiger partial charge on any atom is 0.190 e. The van der Waals surface area contributed by atoms with Crippen molar-refractivity contribution in [1.82, 2.24) is 15.5 Å². The van der Waals surface area contributed by atoms with Crippen LogP contribution in [0, 0.1) is 11.3 Å². The average Bonchev–Trinajstić information content (AvgIpc) is 3.14. The largest absolute Gasteiger partial charge is 0.382 e. The predicted molar refractivity (Wildman–Crippen MR) is 126 cm³/mol. The van der Waals surface area contributed by atoms with E-state index < -0.39 is 0 Å². The molecule has 0 radical (unpaired) electrons. The molecule has 160 valence electrons. The molecule has 1 heterocycles. The summed E-state index contributed by atoms with van der Waals surface area (Å²) in [6.45, 7) is 11.9. The number of hydrogen-bond donors (Lipinski definition) is 2. The SMILES string of the molecule is CCOCCC1(CNC(=NC)NCCC2CCN(CC)CC2)CCCC1.I. The Morgan fingerprint density at radius 3 is 2.44 bits per heavy atom. The number of nitrogens with one attached hydrogen (secondary N) is 2. The first-order valence-corrected chi connectivity index (χ1v) is 11.0. The van der Waals surface area contributed by atoms with Crippen molar-refractivity contribution >= 4 is 29.9 Å². The standard InChI is InChI=1S/C21H42N4O.HI/c1-4-25-15-9-19(10-16-25)8-14-23-20(22-3)24-18-21(11-6-7-12-21)13-17-26-5-2;/h19H,4-18H2,1-3H3,(H2,22,23,24);1H. The summed E-state index contributed by atoms with van der Waals surface area (Å²) in [4.78, 5) is 7.00. The Hall–Kier alpha value is -0.0800. The molecule has 1 aliphatic carbocycles. The van der Waals surface area contributed by atoms with Gasteiger partial charge in [-0.15, -0.1) is 24.0 Å². The first-order valence-electron chi connectivity index (χ1n) is 11.0. The van der Waals surface area contributed by atoms with Crippen LogP contribution < -0.4 is 10.6 Å². The lowest BCUT2D eigenvalue weighted by molar-refractivity contribution is 0.105. The minimum Gasteiger partial charge on any atom is -0.382 e. The molecule has 1 saturated carbocycles. The number of guanidine groups is 1. The number of rotatable bonds is 10. The molecule has 0 amide bonds. The smallest absolute Gasteiger partial charge is 0.190 e. The zero-order chi connectivity index (χ0) is 18.7. The molecule has 0 aromatic rings. The van der Waals surface area contributed by atoms with Gasteiger partial charge < -0.3 is 20.3 Å². The van der Waals surface area contributed by atoms with Crippen LogP contribution in [0.2, 0.25) is 0 Å². The third-order valence-electron chi connectivity index (χ3n) is 6.50. The van der Waals surface area contributed by atoms with Crippen molar-refractivity contribution in [1.29, 1.82) is 0 Å².